The maximum atomic E-state index is 12.8. The maximum Gasteiger partial charge on any atom is 0.338 e. The van der Waals surface area contributed by atoms with Gasteiger partial charge in [0.2, 0.25) is 5.95 Å². The number of carbonyl (C=O) groups excluding carboxylic acids is 1. The van der Waals surface area contributed by atoms with E-state index in [0.29, 0.717) is 35.3 Å². The quantitative estimate of drug-likeness (QED) is 0.564. The molecule has 3 aromatic rings. The van der Waals surface area contributed by atoms with E-state index in [1.807, 2.05) is 49.4 Å². The SMILES string of the molecule is CCOC(=O)C1=C(C)Nc2nnnn2C1c1ccc(OCc2ccc(C)cc2)c(OC)c1. The summed E-state index contributed by atoms with van der Waals surface area (Å²) in [4.78, 5) is 12.8. The number of methoxy groups -OCH3 is 1. The van der Waals surface area contributed by atoms with Gasteiger partial charge in [-0.25, -0.2) is 4.79 Å². The first-order valence-corrected chi connectivity index (χ1v) is 10.3. The highest BCUT2D eigenvalue weighted by atomic mass is 16.5. The van der Waals surface area contributed by atoms with E-state index in [4.69, 9.17) is 14.2 Å². The Morgan fingerprint density at radius 3 is 2.62 bits per heavy atom. The summed E-state index contributed by atoms with van der Waals surface area (Å²) < 4.78 is 18.4. The van der Waals surface area contributed by atoms with E-state index < -0.39 is 12.0 Å². The van der Waals surface area contributed by atoms with Gasteiger partial charge in [-0.3, -0.25) is 0 Å². The van der Waals surface area contributed by atoms with E-state index in [-0.39, 0.29) is 6.61 Å². The molecule has 1 N–H and O–H groups in total. The zero-order valence-electron chi connectivity index (χ0n) is 18.5. The molecule has 2 heterocycles. The number of aryl methyl sites for hydroxylation is 1. The number of rotatable bonds is 7. The van der Waals surface area contributed by atoms with Gasteiger partial charge in [0.1, 0.15) is 12.6 Å². The Kier molecular flexibility index (Phi) is 6.07. The molecule has 1 aromatic heterocycles. The highest BCUT2D eigenvalue weighted by Crippen LogP contribution is 2.38. The molecule has 9 nitrogen and oxygen atoms in total. The molecule has 4 rings (SSSR count). The van der Waals surface area contributed by atoms with Crippen LogP contribution in [-0.4, -0.2) is 39.9 Å². The van der Waals surface area contributed by atoms with Crippen molar-refractivity contribution in [2.45, 2.75) is 33.4 Å². The number of benzene rings is 2. The number of hydrogen-bond donors (Lipinski definition) is 1. The summed E-state index contributed by atoms with van der Waals surface area (Å²) in [6.07, 6.45) is 0. The molecule has 2 aromatic carbocycles. The van der Waals surface area contributed by atoms with Crippen LogP contribution in [0.25, 0.3) is 0 Å². The van der Waals surface area contributed by atoms with E-state index in [1.54, 1.807) is 25.6 Å². The first kappa shape index (κ1) is 21.4. The van der Waals surface area contributed by atoms with E-state index in [2.05, 4.69) is 20.8 Å². The van der Waals surface area contributed by atoms with Crippen molar-refractivity contribution in [2.24, 2.45) is 0 Å². The molecule has 1 aliphatic rings. The molecule has 0 aliphatic carbocycles. The fourth-order valence-corrected chi connectivity index (χ4v) is 3.61. The van der Waals surface area contributed by atoms with E-state index in [1.165, 1.54) is 5.56 Å². The van der Waals surface area contributed by atoms with Crippen LogP contribution in [0.3, 0.4) is 0 Å². The molecule has 0 fully saturated rings. The molecule has 0 bridgehead atoms. The Bertz CT molecular complexity index is 1150. The van der Waals surface area contributed by atoms with Gasteiger partial charge in [0.05, 0.1) is 19.3 Å². The summed E-state index contributed by atoms with van der Waals surface area (Å²) in [5.74, 6) is 1.16. The van der Waals surface area contributed by atoms with Gasteiger partial charge in [-0.05, 0) is 54.5 Å². The smallest absolute Gasteiger partial charge is 0.338 e. The van der Waals surface area contributed by atoms with Gasteiger partial charge in [-0.15, -0.1) is 0 Å². The van der Waals surface area contributed by atoms with Gasteiger partial charge in [-0.1, -0.05) is 41.0 Å². The van der Waals surface area contributed by atoms with Crippen LogP contribution in [0.1, 0.15) is 36.6 Å². The summed E-state index contributed by atoms with van der Waals surface area (Å²) >= 11 is 0. The van der Waals surface area contributed by atoms with Gasteiger partial charge >= 0.3 is 5.97 Å². The second kappa shape index (κ2) is 9.09. The molecule has 0 saturated carbocycles. The minimum absolute atomic E-state index is 0.264. The Balaban J connectivity index is 1.67. The summed E-state index contributed by atoms with van der Waals surface area (Å²) in [6.45, 7) is 6.29. The standard InChI is InChI=1S/C23H25N5O4/c1-5-31-22(29)20-15(3)24-23-25-26-27-28(23)21(20)17-10-11-18(19(12-17)30-4)32-13-16-8-6-14(2)7-9-16/h6-12,21H,5,13H2,1-4H3,(H,24,25,27). The van der Waals surface area contributed by atoms with Crippen LogP contribution in [0.4, 0.5) is 5.95 Å². The maximum absolute atomic E-state index is 12.8. The van der Waals surface area contributed by atoms with Crippen molar-refractivity contribution < 1.29 is 19.0 Å². The monoisotopic (exact) mass is 435 g/mol. The lowest BCUT2D eigenvalue weighted by Gasteiger charge is -2.27. The van der Waals surface area contributed by atoms with Crippen molar-refractivity contribution in [3.05, 3.63) is 70.4 Å². The third-order valence-corrected chi connectivity index (χ3v) is 5.23. The van der Waals surface area contributed by atoms with Crippen LogP contribution in [0.2, 0.25) is 0 Å². The molecule has 32 heavy (non-hydrogen) atoms. The van der Waals surface area contributed by atoms with Crippen molar-refractivity contribution in [3.63, 3.8) is 0 Å². The molecule has 0 amide bonds. The normalized spacial score (nSPS) is 15.1. The van der Waals surface area contributed by atoms with Crippen LogP contribution in [0.5, 0.6) is 11.5 Å². The largest absolute Gasteiger partial charge is 0.493 e. The summed E-state index contributed by atoms with van der Waals surface area (Å²) in [5.41, 5.74) is 4.08. The first-order chi connectivity index (χ1) is 15.5. The Labute approximate surface area is 186 Å². The topological polar surface area (TPSA) is 100 Å². The van der Waals surface area contributed by atoms with Gasteiger partial charge in [0, 0.05) is 5.70 Å². The summed E-state index contributed by atoms with van der Waals surface area (Å²) in [7, 11) is 1.58. The van der Waals surface area contributed by atoms with E-state index >= 15 is 0 Å². The van der Waals surface area contributed by atoms with Crippen molar-refractivity contribution in [1.29, 1.82) is 0 Å². The molecular formula is C23H25N5O4. The van der Waals surface area contributed by atoms with Crippen LogP contribution in [-0.2, 0) is 16.1 Å². The molecule has 1 unspecified atom stereocenters. The average Bonchev–Trinajstić information content (AvgIpc) is 3.25. The average molecular weight is 435 g/mol. The second-order valence-corrected chi connectivity index (χ2v) is 7.42. The number of tetrazole rings is 1. The first-order valence-electron chi connectivity index (χ1n) is 10.3. The van der Waals surface area contributed by atoms with E-state index in [9.17, 15) is 4.79 Å². The summed E-state index contributed by atoms with van der Waals surface area (Å²) in [5, 5.41) is 14.9. The Hall–Kier alpha value is -3.88. The van der Waals surface area contributed by atoms with Crippen LogP contribution in [0.15, 0.2) is 53.7 Å². The highest BCUT2D eigenvalue weighted by Gasteiger charge is 2.35. The number of aromatic nitrogens is 4. The molecule has 1 aliphatic heterocycles. The number of allylic oxidation sites excluding steroid dienone is 1. The lowest BCUT2D eigenvalue weighted by molar-refractivity contribution is -0.139. The van der Waals surface area contributed by atoms with Crippen LogP contribution >= 0.6 is 0 Å². The fraction of sp³-hybridized carbons (Fsp3) is 0.304. The Morgan fingerprint density at radius 2 is 1.91 bits per heavy atom. The fourth-order valence-electron chi connectivity index (χ4n) is 3.61. The van der Waals surface area contributed by atoms with Crippen molar-refractivity contribution in [2.75, 3.05) is 19.0 Å². The number of esters is 1. The molecule has 0 saturated heterocycles. The molecule has 0 radical (unpaired) electrons. The van der Waals surface area contributed by atoms with Crippen molar-refractivity contribution >= 4 is 11.9 Å². The van der Waals surface area contributed by atoms with Crippen LogP contribution in [0, 0.1) is 6.92 Å². The molecular weight excluding hydrogens is 410 g/mol. The van der Waals surface area contributed by atoms with Gasteiger partial charge in [0.25, 0.3) is 0 Å². The van der Waals surface area contributed by atoms with Gasteiger partial charge in [0.15, 0.2) is 11.5 Å². The summed E-state index contributed by atoms with van der Waals surface area (Å²) in [6, 6.07) is 13.1. The lowest BCUT2D eigenvalue weighted by Crippen LogP contribution is -2.29. The number of ether oxygens (including phenoxy) is 3. The predicted octanol–water partition coefficient (Wildman–Crippen LogP) is 3.42. The highest BCUT2D eigenvalue weighted by molar-refractivity contribution is 5.92. The number of nitrogens with one attached hydrogen (secondary N) is 1. The number of carbonyl (C=O) groups is 1. The third kappa shape index (κ3) is 4.14. The van der Waals surface area contributed by atoms with Gasteiger partial charge in [-0.2, -0.15) is 4.68 Å². The van der Waals surface area contributed by atoms with Crippen molar-refractivity contribution in [1.82, 2.24) is 20.2 Å². The Morgan fingerprint density at radius 1 is 1.12 bits per heavy atom. The van der Waals surface area contributed by atoms with Gasteiger partial charge < -0.3 is 19.5 Å². The van der Waals surface area contributed by atoms with E-state index in [0.717, 1.165) is 11.1 Å². The third-order valence-electron chi connectivity index (χ3n) is 5.23. The number of hydrogen-bond acceptors (Lipinski definition) is 8. The molecule has 0 spiro atoms. The predicted molar refractivity (Wildman–Crippen MR) is 117 cm³/mol. The zero-order valence-corrected chi connectivity index (χ0v) is 18.5. The number of fused-ring (bicyclic) bond motifs is 1. The molecule has 1 atom stereocenters. The van der Waals surface area contributed by atoms with Crippen LogP contribution < -0.4 is 14.8 Å². The minimum Gasteiger partial charge on any atom is -0.493 e. The molecule has 9 heteroatoms. The number of nitrogens with zero attached hydrogens (tertiary/aromatic N) is 4. The lowest BCUT2D eigenvalue weighted by atomic mass is 9.95. The number of anilines is 1. The van der Waals surface area contributed by atoms with Crippen molar-refractivity contribution in [3.8, 4) is 11.5 Å². The zero-order chi connectivity index (χ0) is 22.7. The minimum atomic E-state index is -0.569. The molecule has 166 valence electrons. The second-order valence-electron chi connectivity index (χ2n) is 7.42.